The number of nitrogens with zero attached hydrogens (tertiary/aromatic N) is 3. The number of amides is 2. The van der Waals surface area contributed by atoms with E-state index in [0.717, 1.165) is 42.5 Å². The maximum Gasteiger partial charge on any atom is 0.430 e. The van der Waals surface area contributed by atoms with Gasteiger partial charge in [-0.25, -0.2) is 26.4 Å². The minimum absolute atomic E-state index is 0.175. The molecule has 2 fully saturated rings. The van der Waals surface area contributed by atoms with Crippen molar-refractivity contribution in [2.24, 2.45) is 5.92 Å². The number of rotatable bonds is 7. The Morgan fingerprint density at radius 3 is 1.92 bits per heavy atom. The monoisotopic (exact) mass is 733 g/mol. The van der Waals surface area contributed by atoms with Crippen molar-refractivity contribution in [3.05, 3.63) is 101 Å². The number of piperidine rings is 1. The maximum absolute atomic E-state index is 14.5. The molecule has 2 amide bonds. The minimum Gasteiger partial charge on any atom is -0.349 e. The first-order valence-electron chi connectivity index (χ1n) is 15.1. The van der Waals surface area contributed by atoms with E-state index in [-0.39, 0.29) is 37.5 Å². The Labute approximate surface area is 280 Å². The van der Waals surface area contributed by atoms with Crippen molar-refractivity contribution < 1.29 is 57.5 Å². The van der Waals surface area contributed by atoms with E-state index in [9.17, 15) is 58.0 Å². The highest BCUT2D eigenvalue weighted by atomic mass is 32.2. The normalized spacial score (nSPS) is 19.4. The third-order valence-electron chi connectivity index (χ3n) is 9.20. The van der Waals surface area contributed by atoms with Crippen molar-refractivity contribution in [3.63, 3.8) is 0 Å². The largest absolute Gasteiger partial charge is 0.430 e. The van der Waals surface area contributed by atoms with Crippen LogP contribution < -0.4 is 0 Å². The van der Waals surface area contributed by atoms with E-state index in [0.29, 0.717) is 37.1 Å². The number of sulfone groups is 1. The molecule has 3 aromatic carbocycles. The predicted molar refractivity (Wildman–Crippen MR) is 158 cm³/mol. The molecule has 5 rings (SSSR count). The van der Waals surface area contributed by atoms with Gasteiger partial charge in [0.1, 0.15) is 22.2 Å². The van der Waals surface area contributed by atoms with Crippen molar-refractivity contribution in [1.82, 2.24) is 9.80 Å². The topological polar surface area (TPSA) is 90.7 Å². The second-order valence-corrected chi connectivity index (χ2v) is 14.3. The molecule has 0 saturated carbocycles. The number of alkyl halides is 6. The molecule has 2 aliphatic rings. The summed E-state index contributed by atoms with van der Waals surface area (Å²) in [6.07, 6.45) is -12.0. The molecule has 1 unspecified atom stereocenters. The van der Waals surface area contributed by atoms with Crippen LogP contribution in [0.1, 0.15) is 36.0 Å². The fourth-order valence-corrected chi connectivity index (χ4v) is 8.47. The van der Waals surface area contributed by atoms with Crippen LogP contribution in [0, 0.1) is 34.7 Å². The zero-order valence-electron chi connectivity index (χ0n) is 25.9. The van der Waals surface area contributed by atoms with Gasteiger partial charge in [-0.15, -0.1) is 0 Å². The van der Waals surface area contributed by atoms with Gasteiger partial charge in [0.2, 0.25) is 0 Å². The number of carbonyl (C=O) groups excluding carboxylic acids is 1. The summed E-state index contributed by atoms with van der Waals surface area (Å²) in [6, 6.07) is 9.50. The van der Waals surface area contributed by atoms with Crippen LogP contribution in [0.15, 0.2) is 71.6 Å². The van der Waals surface area contributed by atoms with Crippen molar-refractivity contribution >= 4 is 15.9 Å². The molecule has 0 aromatic heterocycles. The molecule has 0 aliphatic carbocycles. The van der Waals surface area contributed by atoms with E-state index in [2.05, 4.69) is 10.8 Å². The third-order valence-corrected chi connectivity index (χ3v) is 11.7. The number of likely N-dealkylation sites (tertiary alicyclic amines) is 2. The summed E-state index contributed by atoms with van der Waals surface area (Å²) in [5, 5.41) is 9.18. The van der Waals surface area contributed by atoms with Crippen LogP contribution in [0.25, 0.3) is 0 Å². The van der Waals surface area contributed by atoms with Gasteiger partial charge >= 0.3 is 18.4 Å². The van der Waals surface area contributed by atoms with Gasteiger partial charge in [-0.05, 0) is 61.2 Å². The lowest BCUT2D eigenvalue weighted by Crippen LogP contribution is -2.56. The van der Waals surface area contributed by atoms with E-state index in [1.54, 1.807) is 0 Å². The predicted octanol–water partition coefficient (Wildman–Crippen LogP) is 7.37. The summed E-state index contributed by atoms with van der Waals surface area (Å²) in [7, 11) is -4.62. The van der Waals surface area contributed by atoms with E-state index in [1.165, 1.54) is 9.80 Å². The van der Waals surface area contributed by atoms with Gasteiger partial charge in [-0.2, -0.15) is 31.6 Å². The minimum atomic E-state index is -6.23. The molecule has 0 N–H and O–H groups in total. The zero-order chi connectivity index (χ0) is 36.7. The molecule has 3 aromatic rings. The molecular formula is C33H28F9N3O4S. The second kappa shape index (κ2) is 13.4. The number of hydrogen-bond donors (Lipinski definition) is 0. The Hall–Kier alpha value is -4.30. The molecule has 50 heavy (non-hydrogen) atoms. The fourth-order valence-electron chi connectivity index (χ4n) is 6.39. The highest BCUT2D eigenvalue weighted by molar-refractivity contribution is 7.92. The number of benzene rings is 3. The number of nitriles is 1. The van der Waals surface area contributed by atoms with E-state index >= 15 is 0 Å². The quantitative estimate of drug-likeness (QED) is 0.187. The molecule has 2 aliphatic heterocycles. The van der Waals surface area contributed by atoms with Crippen LogP contribution in [0.2, 0.25) is 0 Å². The molecule has 17 heteroatoms. The van der Waals surface area contributed by atoms with Gasteiger partial charge in [0, 0.05) is 43.2 Å². The SMILES string of the molecule is N#CC1CCN(C(=O)N2CCC(c3ccc(C(OCc4c(F)cccc4F)(C(F)(F)F)C(F)(F)F)cc3)(S(=O)(=O)c3ccc(F)cc3)C2)CC1. The fraction of sp³-hybridized carbons (Fsp3) is 0.394. The van der Waals surface area contributed by atoms with Gasteiger partial charge in [0.05, 0.1) is 17.6 Å². The van der Waals surface area contributed by atoms with Crippen LogP contribution in [0.5, 0.6) is 0 Å². The molecule has 7 nitrogen and oxygen atoms in total. The first kappa shape index (κ1) is 37.0. The van der Waals surface area contributed by atoms with E-state index in [1.807, 2.05) is 0 Å². The van der Waals surface area contributed by atoms with E-state index < -0.39 is 85.2 Å². The summed E-state index contributed by atoms with van der Waals surface area (Å²) < 4.78 is 160. The Balaban J connectivity index is 1.57. The van der Waals surface area contributed by atoms with Crippen molar-refractivity contribution in [2.45, 2.75) is 53.5 Å². The van der Waals surface area contributed by atoms with Gasteiger partial charge < -0.3 is 14.5 Å². The van der Waals surface area contributed by atoms with Crippen LogP contribution in [0.3, 0.4) is 0 Å². The summed E-state index contributed by atoms with van der Waals surface area (Å²) in [5.74, 6) is -3.94. The number of hydrogen-bond acceptors (Lipinski definition) is 5. The first-order valence-corrected chi connectivity index (χ1v) is 16.6. The standard InChI is InChI=1S/C33H28F9N3O4S/c34-24-8-10-25(11-9-24)50(47,48)30(14-17-45(20-30)29(46)44-15-12-21(18-43)13-16-44)22-4-6-23(7-5-22)31(32(37,38)39,33(40,41)42)49-19-26-27(35)2-1-3-28(26)36/h1-11,21H,12-17,19-20H2. The van der Waals surface area contributed by atoms with Gasteiger partial charge in [0.15, 0.2) is 9.84 Å². The highest BCUT2D eigenvalue weighted by Gasteiger charge is 2.73. The average molecular weight is 734 g/mol. The van der Waals surface area contributed by atoms with Crippen molar-refractivity contribution in [2.75, 3.05) is 26.2 Å². The Bertz CT molecular complexity index is 1840. The summed E-state index contributed by atoms with van der Waals surface area (Å²) in [5.41, 5.74) is -8.12. The third kappa shape index (κ3) is 6.39. The number of ether oxygens (including phenoxy) is 1. The van der Waals surface area contributed by atoms with Crippen LogP contribution >= 0.6 is 0 Å². The van der Waals surface area contributed by atoms with E-state index in [4.69, 9.17) is 0 Å². The number of carbonyl (C=O) groups is 1. The van der Waals surface area contributed by atoms with Gasteiger partial charge in [0.25, 0.3) is 5.60 Å². The smallest absolute Gasteiger partial charge is 0.349 e. The van der Waals surface area contributed by atoms with Crippen LogP contribution in [0.4, 0.5) is 44.3 Å². The number of halogens is 9. The van der Waals surface area contributed by atoms with Crippen molar-refractivity contribution in [3.8, 4) is 6.07 Å². The summed E-state index contributed by atoms with van der Waals surface area (Å²) in [4.78, 5) is 15.7. The second-order valence-electron chi connectivity index (χ2n) is 12.0. The number of urea groups is 1. The summed E-state index contributed by atoms with van der Waals surface area (Å²) >= 11 is 0. The first-order chi connectivity index (χ1) is 23.4. The summed E-state index contributed by atoms with van der Waals surface area (Å²) in [6.45, 7) is -2.10. The van der Waals surface area contributed by atoms with Gasteiger partial charge in [-0.3, -0.25) is 0 Å². The Morgan fingerprint density at radius 2 is 1.40 bits per heavy atom. The lowest BCUT2D eigenvalue weighted by Gasteiger charge is -2.38. The lowest BCUT2D eigenvalue weighted by molar-refractivity contribution is -0.392. The zero-order valence-corrected chi connectivity index (χ0v) is 26.7. The molecule has 0 bridgehead atoms. The molecule has 0 radical (unpaired) electrons. The maximum atomic E-state index is 14.5. The highest BCUT2D eigenvalue weighted by Crippen LogP contribution is 2.54. The van der Waals surface area contributed by atoms with Crippen LogP contribution in [-0.2, 0) is 31.5 Å². The van der Waals surface area contributed by atoms with Crippen molar-refractivity contribution in [1.29, 1.82) is 5.26 Å². The molecule has 268 valence electrons. The lowest BCUT2D eigenvalue weighted by atomic mass is 9.88. The Kier molecular flexibility index (Phi) is 9.94. The molecule has 1 atom stereocenters. The molecular weight excluding hydrogens is 705 g/mol. The molecule has 0 spiro atoms. The Morgan fingerprint density at radius 1 is 0.840 bits per heavy atom. The molecule has 2 heterocycles. The van der Waals surface area contributed by atoms with Gasteiger partial charge in [-0.1, -0.05) is 30.3 Å². The molecule has 2 saturated heterocycles. The average Bonchev–Trinajstić information content (AvgIpc) is 3.53. The van der Waals surface area contributed by atoms with Crippen LogP contribution in [-0.4, -0.2) is 62.8 Å².